The summed E-state index contributed by atoms with van der Waals surface area (Å²) >= 11 is 0. The summed E-state index contributed by atoms with van der Waals surface area (Å²) < 4.78 is 10.6. The molecule has 0 saturated carbocycles. The van der Waals surface area contributed by atoms with Gasteiger partial charge in [-0.1, -0.05) is 0 Å². The summed E-state index contributed by atoms with van der Waals surface area (Å²) in [6.45, 7) is 0.235. The van der Waals surface area contributed by atoms with Gasteiger partial charge in [-0.3, -0.25) is 0 Å². The van der Waals surface area contributed by atoms with E-state index in [0.717, 1.165) is 22.2 Å². The average molecular weight is 279 g/mol. The van der Waals surface area contributed by atoms with Crippen molar-refractivity contribution in [1.29, 1.82) is 0 Å². The van der Waals surface area contributed by atoms with E-state index in [1.807, 2.05) is 18.2 Å². The molecule has 6 nitrogen and oxygen atoms in total. The largest absolute Gasteiger partial charge is 0.454 e. The van der Waals surface area contributed by atoms with Gasteiger partial charge in [0, 0.05) is 17.1 Å². The Morgan fingerprint density at radius 1 is 1.05 bits per heavy atom. The summed E-state index contributed by atoms with van der Waals surface area (Å²) in [6.07, 6.45) is 1.68. The second-order valence-electron chi connectivity index (χ2n) is 4.60. The maximum absolute atomic E-state index is 10.5. The topological polar surface area (TPSA) is 73.7 Å². The highest BCUT2D eigenvalue weighted by atomic mass is 16.7. The van der Waals surface area contributed by atoms with E-state index in [0.29, 0.717) is 17.3 Å². The first-order valence-corrected chi connectivity index (χ1v) is 6.34. The highest BCUT2D eigenvalue weighted by Gasteiger charge is 2.15. The summed E-state index contributed by atoms with van der Waals surface area (Å²) in [6, 6.07) is 10.6. The Morgan fingerprint density at radius 2 is 1.95 bits per heavy atom. The van der Waals surface area contributed by atoms with E-state index in [2.05, 4.69) is 15.1 Å². The molecule has 0 N–H and O–H groups in total. The second kappa shape index (κ2) is 4.52. The van der Waals surface area contributed by atoms with E-state index in [1.165, 1.54) is 0 Å². The van der Waals surface area contributed by atoms with Crippen LogP contribution in [0, 0.1) is 4.91 Å². The Hall–Kier alpha value is -3.02. The first kappa shape index (κ1) is 11.8. The van der Waals surface area contributed by atoms with Crippen LogP contribution in [0.2, 0.25) is 0 Å². The maximum atomic E-state index is 10.5. The predicted molar refractivity (Wildman–Crippen MR) is 76.6 cm³/mol. The van der Waals surface area contributed by atoms with Crippen LogP contribution in [0.25, 0.3) is 22.3 Å². The molecule has 0 unspecified atom stereocenters. The van der Waals surface area contributed by atoms with Gasteiger partial charge in [0.1, 0.15) is 5.69 Å². The van der Waals surface area contributed by atoms with E-state index < -0.39 is 0 Å². The molecule has 2 aromatic carbocycles. The summed E-state index contributed by atoms with van der Waals surface area (Å²) in [5.74, 6) is 2.01. The minimum absolute atomic E-state index is 0.235. The third-order valence-electron chi connectivity index (χ3n) is 3.30. The lowest BCUT2D eigenvalue weighted by Crippen LogP contribution is -1.93. The minimum Gasteiger partial charge on any atom is -0.454 e. The molecule has 0 aliphatic carbocycles. The fourth-order valence-electron chi connectivity index (χ4n) is 2.25. The fraction of sp³-hybridized carbons (Fsp3) is 0.0667. The molecule has 102 valence electrons. The van der Waals surface area contributed by atoms with Gasteiger partial charge in [0.2, 0.25) is 6.79 Å². The second-order valence-corrected chi connectivity index (χ2v) is 4.60. The van der Waals surface area contributed by atoms with Crippen LogP contribution in [0.1, 0.15) is 0 Å². The average Bonchev–Trinajstić information content (AvgIpc) is 3.01. The normalized spacial score (nSPS) is 12.6. The Balaban J connectivity index is 1.81. The zero-order valence-electron chi connectivity index (χ0n) is 10.8. The van der Waals surface area contributed by atoms with Gasteiger partial charge in [0.25, 0.3) is 0 Å². The highest BCUT2D eigenvalue weighted by molar-refractivity contribution is 5.82. The molecule has 21 heavy (non-hydrogen) atoms. The van der Waals surface area contributed by atoms with Crippen LogP contribution in [0.3, 0.4) is 0 Å². The quantitative estimate of drug-likeness (QED) is 0.672. The molecule has 0 bridgehead atoms. The summed E-state index contributed by atoms with van der Waals surface area (Å²) in [5.41, 5.74) is 1.96. The number of nitrogens with zero attached hydrogens (tertiary/aromatic N) is 3. The van der Waals surface area contributed by atoms with Crippen LogP contribution in [-0.2, 0) is 0 Å². The molecule has 1 aliphatic heterocycles. The molecule has 4 rings (SSSR count). The first-order chi connectivity index (χ1) is 10.3. The smallest absolute Gasteiger partial charge is 0.231 e. The number of fused-ring (bicyclic) bond motifs is 2. The molecule has 3 aromatic rings. The van der Waals surface area contributed by atoms with Gasteiger partial charge in [-0.05, 0) is 41.6 Å². The molecule has 0 radical (unpaired) electrons. The number of nitroso groups, excluding NO2 is 1. The van der Waals surface area contributed by atoms with E-state index in [4.69, 9.17) is 9.47 Å². The molecule has 1 aromatic heterocycles. The number of rotatable bonds is 2. The molecule has 6 heteroatoms. The first-order valence-electron chi connectivity index (χ1n) is 6.34. The number of hydrogen-bond acceptors (Lipinski definition) is 6. The molecule has 0 spiro atoms. The van der Waals surface area contributed by atoms with Crippen LogP contribution in [0.4, 0.5) is 5.69 Å². The van der Waals surface area contributed by atoms with Crippen LogP contribution < -0.4 is 9.47 Å². The van der Waals surface area contributed by atoms with Gasteiger partial charge < -0.3 is 9.47 Å². The highest BCUT2D eigenvalue weighted by Crippen LogP contribution is 2.35. The van der Waals surface area contributed by atoms with Crippen molar-refractivity contribution >= 4 is 16.6 Å². The predicted octanol–water partition coefficient (Wildman–Crippen LogP) is 3.42. The van der Waals surface area contributed by atoms with E-state index >= 15 is 0 Å². The molecule has 0 atom stereocenters. The molecule has 1 aliphatic rings. The number of hydrogen-bond donors (Lipinski definition) is 0. The van der Waals surface area contributed by atoms with Gasteiger partial charge in [0.15, 0.2) is 17.3 Å². The van der Waals surface area contributed by atoms with Gasteiger partial charge >= 0.3 is 0 Å². The Labute approximate surface area is 119 Å². The molecule has 2 heterocycles. The summed E-state index contributed by atoms with van der Waals surface area (Å²) in [5, 5.41) is 3.68. The molecular weight excluding hydrogens is 270 g/mol. The zero-order valence-corrected chi connectivity index (χ0v) is 10.8. The molecular formula is C15H9N3O3. The molecule has 0 amide bonds. The van der Waals surface area contributed by atoms with Crippen molar-refractivity contribution in [3.05, 3.63) is 47.5 Å². The van der Waals surface area contributed by atoms with Crippen molar-refractivity contribution in [2.24, 2.45) is 5.18 Å². The Kier molecular flexibility index (Phi) is 2.53. The van der Waals surface area contributed by atoms with Crippen molar-refractivity contribution < 1.29 is 9.47 Å². The van der Waals surface area contributed by atoms with E-state index in [-0.39, 0.29) is 6.79 Å². The third-order valence-corrected chi connectivity index (χ3v) is 3.30. The fourth-order valence-corrected chi connectivity index (χ4v) is 2.25. The number of ether oxygens (including phenoxy) is 2. The van der Waals surface area contributed by atoms with Gasteiger partial charge in [-0.2, -0.15) is 0 Å². The monoisotopic (exact) mass is 279 g/mol. The molecule has 0 fully saturated rings. The van der Waals surface area contributed by atoms with Crippen molar-refractivity contribution in [2.75, 3.05) is 6.79 Å². The zero-order chi connectivity index (χ0) is 14.2. The molecule has 0 saturated heterocycles. The lowest BCUT2D eigenvalue weighted by molar-refractivity contribution is 0.174. The van der Waals surface area contributed by atoms with Crippen LogP contribution in [0.15, 0.2) is 47.8 Å². The van der Waals surface area contributed by atoms with Crippen molar-refractivity contribution in [3.63, 3.8) is 0 Å². The van der Waals surface area contributed by atoms with E-state index in [9.17, 15) is 4.91 Å². The summed E-state index contributed by atoms with van der Waals surface area (Å²) in [7, 11) is 0. The lowest BCUT2D eigenvalue weighted by atomic mass is 10.1. The van der Waals surface area contributed by atoms with Gasteiger partial charge in [-0.25, -0.2) is 9.97 Å². The van der Waals surface area contributed by atoms with Crippen molar-refractivity contribution in [2.45, 2.75) is 0 Å². The van der Waals surface area contributed by atoms with E-state index in [1.54, 1.807) is 24.4 Å². The lowest BCUT2D eigenvalue weighted by Gasteiger charge is -2.04. The maximum Gasteiger partial charge on any atom is 0.231 e. The Morgan fingerprint density at radius 3 is 2.86 bits per heavy atom. The SMILES string of the molecule is O=Nc1ccc2nc(-c3ccc4c(c3)OCO4)ncc2c1. The third kappa shape index (κ3) is 1.97. The number of aromatic nitrogens is 2. The van der Waals surface area contributed by atoms with Gasteiger partial charge in [-0.15, -0.1) is 4.91 Å². The Bertz CT molecular complexity index is 864. The minimum atomic E-state index is 0.235. The summed E-state index contributed by atoms with van der Waals surface area (Å²) in [4.78, 5) is 19.4. The van der Waals surface area contributed by atoms with Crippen LogP contribution >= 0.6 is 0 Å². The van der Waals surface area contributed by atoms with Crippen molar-refractivity contribution in [3.8, 4) is 22.9 Å². The van der Waals surface area contributed by atoms with Crippen molar-refractivity contribution in [1.82, 2.24) is 9.97 Å². The standard InChI is InChI=1S/C15H9N3O3/c19-18-11-2-3-12-10(5-11)7-16-15(17-12)9-1-4-13-14(6-9)21-8-20-13/h1-7H,8H2. The van der Waals surface area contributed by atoms with Crippen LogP contribution in [-0.4, -0.2) is 16.8 Å². The number of benzene rings is 2. The van der Waals surface area contributed by atoms with Crippen LogP contribution in [0.5, 0.6) is 11.5 Å². The van der Waals surface area contributed by atoms with Gasteiger partial charge in [0.05, 0.1) is 5.52 Å².